The number of rotatable bonds is 11. The number of allylic oxidation sites excluding steroid dienone is 1. The van der Waals surface area contributed by atoms with E-state index in [-0.39, 0.29) is 41.8 Å². The van der Waals surface area contributed by atoms with Crippen molar-refractivity contribution in [2.24, 2.45) is 5.92 Å². The quantitative estimate of drug-likeness (QED) is 0.126. The molecule has 3 fully saturated rings. The number of pyridine rings is 1. The topological polar surface area (TPSA) is 188 Å². The number of carbonyl (C=O) groups excluding carboxylic acids is 4. The molecule has 7 heterocycles. The summed E-state index contributed by atoms with van der Waals surface area (Å²) in [7, 11) is 0. The molecule has 9 rings (SSSR count). The van der Waals surface area contributed by atoms with Crippen LogP contribution in [0.25, 0.3) is 16.9 Å². The number of piperidine rings is 2. The molecule has 4 aliphatic rings. The second-order valence-electron chi connectivity index (χ2n) is 17.1. The Hall–Kier alpha value is -6.59. The number of carbonyl (C=O) groups is 4. The number of halogens is 1. The fraction of sp³-hybridized carbons (Fsp3) is 0.378. The predicted octanol–water partition coefficient (Wildman–Crippen LogP) is 4.38. The molecule has 0 radical (unpaired) electrons. The molecule has 0 bridgehead atoms. The number of nitrogens with zero attached hydrogens (tertiary/aromatic N) is 8. The molecule has 3 aromatic heterocycles. The number of imide groups is 2. The van der Waals surface area contributed by atoms with Crippen molar-refractivity contribution < 1.29 is 28.7 Å². The molecule has 62 heavy (non-hydrogen) atoms. The fourth-order valence-electron chi connectivity index (χ4n) is 9.19. The highest BCUT2D eigenvalue weighted by atomic mass is 19.1. The standard InChI is InChI=1S/C45H47FN10O6/c1-4-17-54-41(59)32-23-47-44(51-39(32)56(54)37-7-5-6-36(49-37)45(2,3)62)48-29-10-8-27(9-11-29)28-15-18-52(19-16-28)24-26-14-20-53(25-26)35-22-31-30(21-33(35)46)42(60)55(43(31)61)34-12-13-38(57)50-40(34)58/h4-11,21-23,26,28,34,62H,1,12-20,24-25H2,2-3H3,(H,47,48,51)(H,50,57,58)/t26-,34?/m1/s1. The summed E-state index contributed by atoms with van der Waals surface area (Å²) < 4.78 is 18.7. The van der Waals surface area contributed by atoms with E-state index >= 15 is 4.39 Å². The maximum absolute atomic E-state index is 15.5. The van der Waals surface area contributed by atoms with Crippen molar-refractivity contribution in [1.29, 1.82) is 0 Å². The molecule has 1 unspecified atom stereocenters. The van der Waals surface area contributed by atoms with Gasteiger partial charge in [-0.05, 0) is 106 Å². The van der Waals surface area contributed by atoms with Gasteiger partial charge >= 0.3 is 0 Å². The van der Waals surface area contributed by atoms with E-state index in [2.05, 4.69) is 44.2 Å². The summed E-state index contributed by atoms with van der Waals surface area (Å²) in [5.74, 6) is -1.69. The summed E-state index contributed by atoms with van der Waals surface area (Å²) in [4.78, 5) is 83.1. The number of fused-ring (bicyclic) bond motifs is 2. The Morgan fingerprint density at radius 1 is 0.952 bits per heavy atom. The van der Waals surface area contributed by atoms with E-state index in [0.29, 0.717) is 53.4 Å². The van der Waals surface area contributed by atoms with E-state index in [1.54, 1.807) is 42.8 Å². The van der Waals surface area contributed by atoms with Crippen LogP contribution in [0.3, 0.4) is 0 Å². The van der Waals surface area contributed by atoms with E-state index < -0.39 is 41.1 Å². The molecule has 2 atom stereocenters. The van der Waals surface area contributed by atoms with Crippen molar-refractivity contribution in [3.63, 3.8) is 0 Å². The van der Waals surface area contributed by atoms with E-state index in [0.717, 1.165) is 55.6 Å². The third-order valence-electron chi connectivity index (χ3n) is 12.4. The van der Waals surface area contributed by atoms with Crippen molar-refractivity contribution in [2.45, 2.75) is 70.1 Å². The van der Waals surface area contributed by atoms with Crippen molar-refractivity contribution in [2.75, 3.05) is 42.9 Å². The summed E-state index contributed by atoms with van der Waals surface area (Å²) in [6.45, 7) is 11.3. The Balaban J connectivity index is 0.811. The molecule has 3 saturated heterocycles. The summed E-state index contributed by atoms with van der Waals surface area (Å²) in [5, 5.41) is 16.4. The van der Waals surface area contributed by atoms with Crippen LogP contribution >= 0.6 is 0 Å². The zero-order chi connectivity index (χ0) is 43.4. The van der Waals surface area contributed by atoms with Gasteiger partial charge in [-0.1, -0.05) is 24.3 Å². The molecular weight excluding hydrogens is 796 g/mol. The second-order valence-corrected chi connectivity index (χ2v) is 17.1. The third-order valence-corrected chi connectivity index (χ3v) is 12.4. The predicted molar refractivity (Wildman–Crippen MR) is 228 cm³/mol. The number of likely N-dealkylation sites (tertiary alicyclic amines) is 1. The van der Waals surface area contributed by atoms with E-state index in [4.69, 9.17) is 4.98 Å². The maximum Gasteiger partial charge on any atom is 0.278 e. The number of nitrogens with one attached hydrogen (secondary N) is 2. The van der Waals surface area contributed by atoms with Crippen LogP contribution in [0.4, 0.5) is 21.7 Å². The van der Waals surface area contributed by atoms with Crippen LogP contribution in [-0.4, -0.2) is 102 Å². The van der Waals surface area contributed by atoms with Crippen LogP contribution in [0, 0.1) is 11.7 Å². The lowest BCUT2D eigenvalue weighted by Crippen LogP contribution is -2.54. The van der Waals surface area contributed by atoms with Gasteiger partial charge in [0.1, 0.15) is 22.8 Å². The first-order valence-corrected chi connectivity index (χ1v) is 21.0. The van der Waals surface area contributed by atoms with E-state index in [1.807, 2.05) is 17.0 Å². The molecule has 17 heteroatoms. The lowest BCUT2D eigenvalue weighted by Gasteiger charge is -2.34. The molecule has 16 nitrogen and oxygen atoms in total. The van der Waals surface area contributed by atoms with Crippen LogP contribution in [0.2, 0.25) is 0 Å². The Morgan fingerprint density at radius 2 is 1.69 bits per heavy atom. The number of hydrogen-bond donors (Lipinski definition) is 3. The molecule has 320 valence electrons. The first-order valence-electron chi connectivity index (χ1n) is 21.0. The van der Waals surface area contributed by atoms with Crippen molar-refractivity contribution in [3.8, 4) is 5.82 Å². The number of hydrogen-bond acceptors (Lipinski definition) is 12. The van der Waals surface area contributed by atoms with Gasteiger partial charge in [0.15, 0.2) is 11.5 Å². The summed E-state index contributed by atoms with van der Waals surface area (Å²) >= 11 is 0. The molecular formula is C45H47FN10O6. The number of aliphatic hydroxyl groups is 1. The van der Waals surface area contributed by atoms with Gasteiger partial charge in [0.25, 0.3) is 17.4 Å². The van der Waals surface area contributed by atoms with Crippen molar-refractivity contribution in [3.05, 3.63) is 112 Å². The van der Waals surface area contributed by atoms with Crippen LogP contribution in [0.15, 0.2) is 78.2 Å². The van der Waals surface area contributed by atoms with Gasteiger partial charge in [0, 0.05) is 37.9 Å². The smallest absolute Gasteiger partial charge is 0.278 e. The Kier molecular flexibility index (Phi) is 10.5. The zero-order valence-electron chi connectivity index (χ0n) is 34.5. The lowest BCUT2D eigenvalue weighted by atomic mass is 9.89. The minimum atomic E-state index is -1.19. The number of amides is 4. The molecule has 3 N–H and O–H groups in total. The number of benzene rings is 2. The Morgan fingerprint density at radius 3 is 2.40 bits per heavy atom. The van der Waals surface area contributed by atoms with E-state index in [1.165, 1.54) is 22.5 Å². The number of aromatic nitrogens is 5. The van der Waals surface area contributed by atoms with Crippen LogP contribution in [-0.2, 0) is 21.7 Å². The van der Waals surface area contributed by atoms with Gasteiger partial charge in [0.2, 0.25) is 17.8 Å². The maximum atomic E-state index is 15.5. The van der Waals surface area contributed by atoms with Gasteiger partial charge in [0.05, 0.1) is 29.1 Å². The summed E-state index contributed by atoms with van der Waals surface area (Å²) in [6.07, 6.45) is 6.02. The highest BCUT2D eigenvalue weighted by Crippen LogP contribution is 2.36. The van der Waals surface area contributed by atoms with Crippen molar-refractivity contribution in [1.82, 2.24) is 39.4 Å². The van der Waals surface area contributed by atoms with Crippen LogP contribution in [0.5, 0.6) is 0 Å². The molecule has 5 aromatic rings. The average Bonchev–Trinajstić information content (AvgIpc) is 3.89. The molecule has 0 aliphatic carbocycles. The lowest BCUT2D eigenvalue weighted by molar-refractivity contribution is -0.136. The van der Waals surface area contributed by atoms with Gasteiger partial charge in [-0.15, -0.1) is 6.58 Å². The Labute approximate surface area is 356 Å². The molecule has 4 aliphatic heterocycles. The normalized spacial score (nSPS) is 20.0. The molecule has 4 amide bonds. The summed E-state index contributed by atoms with van der Waals surface area (Å²) in [5.41, 5.74) is 1.66. The minimum Gasteiger partial charge on any atom is -0.384 e. The first-order chi connectivity index (χ1) is 29.8. The summed E-state index contributed by atoms with van der Waals surface area (Å²) in [6, 6.07) is 14.9. The van der Waals surface area contributed by atoms with Gasteiger partial charge in [-0.2, -0.15) is 4.98 Å². The number of anilines is 3. The highest BCUT2D eigenvalue weighted by Gasteiger charge is 2.45. The largest absolute Gasteiger partial charge is 0.384 e. The minimum absolute atomic E-state index is 0.0133. The SMILES string of the molecule is C=CCn1c(=O)c2cnc(Nc3ccc(C4CCN(C[C@H]5CCN(c6cc7c(cc6F)C(=O)N(C6CCC(=O)NC6=O)C7=O)C5)CC4)cc3)nc2n1-c1cccc(C(C)(C)O)n1. The average molecular weight is 843 g/mol. The van der Waals surface area contributed by atoms with Crippen LogP contribution < -0.4 is 21.1 Å². The zero-order valence-corrected chi connectivity index (χ0v) is 34.5. The fourth-order valence-corrected chi connectivity index (χ4v) is 9.19. The van der Waals surface area contributed by atoms with Crippen molar-refractivity contribution >= 4 is 52.0 Å². The monoisotopic (exact) mass is 842 g/mol. The van der Waals surface area contributed by atoms with Gasteiger partial charge in [-0.25, -0.2) is 23.7 Å². The first kappa shape index (κ1) is 40.8. The van der Waals surface area contributed by atoms with E-state index in [9.17, 15) is 29.1 Å². The molecule has 2 aromatic carbocycles. The van der Waals surface area contributed by atoms with Gasteiger partial charge < -0.3 is 20.2 Å². The Bertz CT molecular complexity index is 2700. The van der Waals surface area contributed by atoms with Crippen LogP contribution in [0.1, 0.15) is 83.8 Å². The van der Waals surface area contributed by atoms with Gasteiger partial charge in [-0.3, -0.25) is 34.2 Å². The highest BCUT2D eigenvalue weighted by molar-refractivity contribution is 6.23. The molecule has 0 spiro atoms. The molecule has 0 saturated carbocycles. The second kappa shape index (κ2) is 16.0. The third kappa shape index (κ3) is 7.55.